The lowest BCUT2D eigenvalue weighted by Crippen LogP contribution is -2.18. The number of anilines is 1. The molecule has 0 saturated heterocycles. The highest BCUT2D eigenvalue weighted by atomic mass is 16.1. The predicted octanol–water partition coefficient (Wildman–Crippen LogP) is 1.91. The van der Waals surface area contributed by atoms with E-state index in [1.54, 1.807) is 0 Å². The monoisotopic (exact) mass is 285 g/mol. The number of nitrogens with one attached hydrogen (secondary N) is 1. The van der Waals surface area contributed by atoms with Gasteiger partial charge in [0.2, 0.25) is 11.9 Å². The standard InChI is InChI=1S/C15H19N5O/c1-10-11(2)19-20-15(17-10)18-14(21)9-8-13(16)12-6-4-3-5-7-12/h3-7,13H,8-9,16H2,1-2H3,(H,17,18,20,21). The van der Waals surface area contributed by atoms with E-state index in [1.807, 2.05) is 44.2 Å². The Balaban J connectivity index is 1.86. The fourth-order valence-corrected chi connectivity index (χ4v) is 1.85. The van der Waals surface area contributed by atoms with Crippen LogP contribution in [0.4, 0.5) is 5.95 Å². The van der Waals surface area contributed by atoms with Gasteiger partial charge in [-0.3, -0.25) is 10.1 Å². The van der Waals surface area contributed by atoms with Gasteiger partial charge in [-0.25, -0.2) is 4.98 Å². The second-order valence-electron chi connectivity index (χ2n) is 4.91. The maximum absolute atomic E-state index is 11.9. The van der Waals surface area contributed by atoms with Crippen LogP contribution in [0.15, 0.2) is 30.3 Å². The van der Waals surface area contributed by atoms with Gasteiger partial charge in [0.15, 0.2) is 0 Å². The first-order valence-electron chi connectivity index (χ1n) is 6.84. The van der Waals surface area contributed by atoms with Gasteiger partial charge in [0, 0.05) is 12.5 Å². The quantitative estimate of drug-likeness (QED) is 0.875. The molecule has 21 heavy (non-hydrogen) atoms. The number of carbonyl (C=O) groups excluding carboxylic acids is 1. The van der Waals surface area contributed by atoms with E-state index in [9.17, 15) is 4.79 Å². The number of aromatic nitrogens is 3. The molecule has 0 aliphatic rings. The molecule has 0 spiro atoms. The van der Waals surface area contributed by atoms with Crippen molar-refractivity contribution in [3.63, 3.8) is 0 Å². The molecular weight excluding hydrogens is 266 g/mol. The van der Waals surface area contributed by atoms with E-state index in [0.717, 1.165) is 17.0 Å². The Hall–Kier alpha value is -2.34. The Bertz CT molecular complexity index is 615. The number of nitrogens with two attached hydrogens (primary N) is 1. The molecule has 0 fully saturated rings. The minimum absolute atomic E-state index is 0.157. The number of hydrogen-bond donors (Lipinski definition) is 2. The van der Waals surface area contributed by atoms with Gasteiger partial charge in [0.05, 0.1) is 11.4 Å². The zero-order valence-electron chi connectivity index (χ0n) is 12.2. The maximum atomic E-state index is 11.9. The third kappa shape index (κ3) is 4.32. The average Bonchev–Trinajstić information content (AvgIpc) is 2.49. The Morgan fingerprint density at radius 1 is 1.19 bits per heavy atom. The van der Waals surface area contributed by atoms with E-state index >= 15 is 0 Å². The highest BCUT2D eigenvalue weighted by Crippen LogP contribution is 2.15. The van der Waals surface area contributed by atoms with Crippen molar-refractivity contribution in [2.24, 2.45) is 5.73 Å². The lowest BCUT2D eigenvalue weighted by molar-refractivity contribution is -0.116. The van der Waals surface area contributed by atoms with E-state index < -0.39 is 0 Å². The second kappa shape index (κ2) is 6.90. The second-order valence-corrected chi connectivity index (χ2v) is 4.91. The summed E-state index contributed by atoms with van der Waals surface area (Å²) in [6.07, 6.45) is 0.875. The Morgan fingerprint density at radius 2 is 1.90 bits per heavy atom. The number of aryl methyl sites for hydroxylation is 2. The largest absolute Gasteiger partial charge is 0.324 e. The van der Waals surface area contributed by atoms with Crippen molar-refractivity contribution in [1.82, 2.24) is 15.2 Å². The van der Waals surface area contributed by atoms with Crippen LogP contribution in [0.5, 0.6) is 0 Å². The molecule has 2 aromatic rings. The highest BCUT2D eigenvalue weighted by Gasteiger charge is 2.10. The summed E-state index contributed by atoms with van der Waals surface area (Å²) in [5.41, 5.74) is 8.58. The first-order valence-corrected chi connectivity index (χ1v) is 6.84. The van der Waals surface area contributed by atoms with Gasteiger partial charge in [0.1, 0.15) is 0 Å². The number of rotatable bonds is 5. The minimum atomic E-state index is -0.161. The van der Waals surface area contributed by atoms with Gasteiger partial charge < -0.3 is 5.73 Å². The molecule has 1 atom stereocenters. The van der Waals surface area contributed by atoms with Crippen molar-refractivity contribution in [1.29, 1.82) is 0 Å². The van der Waals surface area contributed by atoms with E-state index in [0.29, 0.717) is 12.8 Å². The summed E-state index contributed by atoms with van der Waals surface area (Å²) in [5.74, 6) is 0.0721. The van der Waals surface area contributed by atoms with Gasteiger partial charge in [-0.15, -0.1) is 5.10 Å². The van der Waals surface area contributed by atoms with E-state index in [2.05, 4.69) is 20.5 Å². The van der Waals surface area contributed by atoms with Gasteiger partial charge in [-0.1, -0.05) is 30.3 Å². The number of hydrogen-bond acceptors (Lipinski definition) is 5. The highest BCUT2D eigenvalue weighted by molar-refractivity contribution is 5.88. The molecule has 1 aromatic carbocycles. The van der Waals surface area contributed by atoms with Crippen LogP contribution in [0.25, 0.3) is 0 Å². The molecule has 6 nitrogen and oxygen atoms in total. The predicted molar refractivity (Wildman–Crippen MR) is 80.5 cm³/mol. The molecule has 6 heteroatoms. The zero-order valence-corrected chi connectivity index (χ0v) is 12.2. The third-order valence-electron chi connectivity index (χ3n) is 3.25. The summed E-state index contributed by atoms with van der Waals surface area (Å²) in [4.78, 5) is 16.0. The molecule has 1 heterocycles. The van der Waals surface area contributed by atoms with Crippen LogP contribution in [-0.2, 0) is 4.79 Å². The first-order chi connectivity index (χ1) is 10.1. The molecule has 0 radical (unpaired) electrons. The van der Waals surface area contributed by atoms with Crippen molar-refractivity contribution in [3.8, 4) is 0 Å². The Labute approximate surface area is 123 Å². The average molecular weight is 285 g/mol. The Kier molecular flexibility index (Phi) is 4.94. The third-order valence-corrected chi connectivity index (χ3v) is 3.25. The molecule has 0 aliphatic heterocycles. The topological polar surface area (TPSA) is 93.8 Å². The molecule has 1 unspecified atom stereocenters. The van der Waals surface area contributed by atoms with Crippen LogP contribution in [0.2, 0.25) is 0 Å². The van der Waals surface area contributed by atoms with Crippen LogP contribution < -0.4 is 11.1 Å². The summed E-state index contributed by atoms with van der Waals surface area (Å²) in [6.45, 7) is 3.64. The summed E-state index contributed by atoms with van der Waals surface area (Å²) < 4.78 is 0. The van der Waals surface area contributed by atoms with E-state index in [1.165, 1.54) is 0 Å². The number of nitrogens with zero attached hydrogens (tertiary/aromatic N) is 3. The van der Waals surface area contributed by atoms with Gasteiger partial charge >= 0.3 is 0 Å². The van der Waals surface area contributed by atoms with E-state index in [-0.39, 0.29) is 17.9 Å². The van der Waals surface area contributed by atoms with Crippen LogP contribution in [0, 0.1) is 13.8 Å². The normalized spacial score (nSPS) is 12.0. The van der Waals surface area contributed by atoms with Crippen LogP contribution in [0.1, 0.15) is 35.8 Å². The first kappa shape index (κ1) is 15.1. The fourth-order valence-electron chi connectivity index (χ4n) is 1.85. The molecular formula is C15H19N5O. The number of amides is 1. The number of carbonyl (C=O) groups is 1. The molecule has 110 valence electrons. The van der Waals surface area contributed by atoms with Gasteiger partial charge in [-0.05, 0) is 25.8 Å². The lowest BCUT2D eigenvalue weighted by Gasteiger charge is -2.11. The Morgan fingerprint density at radius 3 is 2.57 bits per heavy atom. The SMILES string of the molecule is Cc1nnc(NC(=O)CCC(N)c2ccccc2)nc1C. The van der Waals surface area contributed by atoms with E-state index in [4.69, 9.17) is 5.73 Å². The smallest absolute Gasteiger partial charge is 0.249 e. The van der Waals surface area contributed by atoms with Crippen molar-refractivity contribution in [3.05, 3.63) is 47.3 Å². The van der Waals surface area contributed by atoms with Crippen LogP contribution >= 0.6 is 0 Å². The van der Waals surface area contributed by atoms with Crippen molar-refractivity contribution in [2.45, 2.75) is 32.7 Å². The molecule has 1 amide bonds. The number of benzene rings is 1. The van der Waals surface area contributed by atoms with Crippen molar-refractivity contribution >= 4 is 11.9 Å². The lowest BCUT2D eigenvalue weighted by atomic mass is 10.0. The minimum Gasteiger partial charge on any atom is -0.324 e. The van der Waals surface area contributed by atoms with Crippen molar-refractivity contribution < 1.29 is 4.79 Å². The molecule has 0 aliphatic carbocycles. The maximum Gasteiger partial charge on any atom is 0.249 e. The summed E-state index contributed by atoms with van der Waals surface area (Å²) in [6, 6.07) is 9.56. The molecule has 0 saturated carbocycles. The van der Waals surface area contributed by atoms with Gasteiger partial charge in [0.25, 0.3) is 0 Å². The molecule has 0 bridgehead atoms. The summed E-state index contributed by atoms with van der Waals surface area (Å²) in [5, 5.41) is 10.4. The summed E-state index contributed by atoms with van der Waals surface area (Å²) in [7, 11) is 0. The van der Waals surface area contributed by atoms with Crippen LogP contribution in [0.3, 0.4) is 0 Å². The molecule has 3 N–H and O–H groups in total. The molecule has 2 rings (SSSR count). The van der Waals surface area contributed by atoms with Crippen LogP contribution in [-0.4, -0.2) is 21.1 Å². The molecule has 1 aromatic heterocycles. The fraction of sp³-hybridized carbons (Fsp3) is 0.333. The van der Waals surface area contributed by atoms with Crippen molar-refractivity contribution in [2.75, 3.05) is 5.32 Å². The van der Waals surface area contributed by atoms with Gasteiger partial charge in [-0.2, -0.15) is 5.10 Å². The zero-order chi connectivity index (χ0) is 15.2. The summed E-state index contributed by atoms with van der Waals surface area (Å²) >= 11 is 0.